The van der Waals surface area contributed by atoms with Crippen LogP contribution in [0.3, 0.4) is 0 Å². The third-order valence-electron chi connectivity index (χ3n) is 5.28. The van der Waals surface area contributed by atoms with Crippen molar-refractivity contribution in [2.45, 2.75) is 18.6 Å². The number of amides is 1. The molecule has 9 nitrogen and oxygen atoms in total. The minimum Gasteiger partial charge on any atom is -0.491 e. The third-order valence-corrected chi connectivity index (χ3v) is 5.28. The predicted octanol–water partition coefficient (Wildman–Crippen LogP) is 1.93. The zero-order valence-electron chi connectivity index (χ0n) is 17.7. The molecule has 2 atom stereocenters. The number of aromatic nitrogens is 3. The van der Waals surface area contributed by atoms with Gasteiger partial charge in [0, 0.05) is 19.2 Å². The van der Waals surface area contributed by atoms with Crippen molar-refractivity contribution in [3.8, 4) is 17.0 Å². The maximum Gasteiger partial charge on any atom is 0.251 e. The van der Waals surface area contributed by atoms with Crippen LogP contribution in [0.2, 0.25) is 0 Å². The van der Waals surface area contributed by atoms with Gasteiger partial charge in [0.15, 0.2) is 5.82 Å². The number of hydrogen-bond acceptors (Lipinski definition) is 8. The number of fused-ring (bicyclic) bond motifs is 1. The first-order chi connectivity index (χ1) is 15.6. The molecule has 1 aliphatic rings. The lowest BCUT2D eigenvalue weighted by atomic mass is 10.0. The second-order valence-electron chi connectivity index (χ2n) is 7.46. The SMILES string of the molecule is COCCOc1ccc(-c2cc(C(N)=O)c3ncnc(N[C@@H]4CNCCC4F)c3n2)cc1. The number of pyridine rings is 1. The van der Waals surface area contributed by atoms with E-state index in [-0.39, 0.29) is 5.56 Å². The van der Waals surface area contributed by atoms with Crippen molar-refractivity contribution in [2.24, 2.45) is 5.73 Å². The van der Waals surface area contributed by atoms with E-state index < -0.39 is 18.1 Å². The van der Waals surface area contributed by atoms with Gasteiger partial charge in [-0.25, -0.2) is 19.3 Å². The predicted molar refractivity (Wildman–Crippen MR) is 118 cm³/mol. The number of halogens is 1. The van der Waals surface area contributed by atoms with Crippen molar-refractivity contribution in [3.63, 3.8) is 0 Å². The number of piperidine rings is 1. The molecule has 0 saturated carbocycles. The first-order valence-electron chi connectivity index (χ1n) is 10.4. The van der Waals surface area contributed by atoms with E-state index in [1.54, 1.807) is 13.2 Å². The highest BCUT2D eigenvalue weighted by atomic mass is 19.1. The molecule has 0 bridgehead atoms. The molecule has 2 aromatic heterocycles. The zero-order valence-corrected chi connectivity index (χ0v) is 17.7. The molecule has 3 aromatic rings. The van der Waals surface area contributed by atoms with Gasteiger partial charge in [0.25, 0.3) is 5.91 Å². The molecule has 0 spiro atoms. The number of primary amides is 1. The fourth-order valence-electron chi connectivity index (χ4n) is 3.59. The number of methoxy groups -OCH3 is 1. The molecule has 0 radical (unpaired) electrons. The van der Waals surface area contributed by atoms with E-state index in [4.69, 9.17) is 15.2 Å². The summed E-state index contributed by atoms with van der Waals surface area (Å²) in [4.78, 5) is 25.3. The van der Waals surface area contributed by atoms with E-state index in [1.807, 2.05) is 24.3 Å². The van der Waals surface area contributed by atoms with Crippen LogP contribution in [0.5, 0.6) is 5.75 Å². The van der Waals surface area contributed by atoms with Crippen molar-refractivity contribution in [1.82, 2.24) is 20.3 Å². The summed E-state index contributed by atoms with van der Waals surface area (Å²) in [7, 11) is 1.61. The Morgan fingerprint density at radius 1 is 1.25 bits per heavy atom. The maximum absolute atomic E-state index is 14.4. The van der Waals surface area contributed by atoms with Crippen molar-refractivity contribution < 1.29 is 18.7 Å². The van der Waals surface area contributed by atoms with E-state index in [9.17, 15) is 9.18 Å². The lowest BCUT2D eigenvalue weighted by Gasteiger charge is -2.28. The topological polar surface area (TPSA) is 124 Å². The Labute approximate surface area is 184 Å². The Bertz CT molecular complexity index is 1090. The number of rotatable bonds is 8. The van der Waals surface area contributed by atoms with E-state index in [0.29, 0.717) is 61.0 Å². The van der Waals surface area contributed by atoms with Gasteiger partial charge >= 0.3 is 0 Å². The summed E-state index contributed by atoms with van der Waals surface area (Å²) in [5.41, 5.74) is 7.79. The summed E-state index contributed by atoms with van der Waals surface area (Å²) >= 11 is 0. The summed E-state index contributed by atoms with van der Waals surface area (Å²) < 4.78 is 24.9. The third kappa shape index (κ3) is 4.76. The number of nitrogens with one attached hydrogen (secondary N) is 2. The van der Waals surface area contributed by atoms with Crippen LogP contribution in [-0.4, -0.2) is 66.5 Å². The number of nitrogens with two attached hydrogens (primary N) is 1. The van der Waals surface area contributed by atoms with Gasteiger partial charge in [-0.2, -0.15) is 0 Å². The number of benzene rings is 1. The van der Waals surface area contributed by atoms with Crippen LogP contribution in [-0.2, 0) is 4.74 Å². The molecular weight excluding hydrogens is 415 g/mol. The smallest absolute Gasteiger partial charge is 0.251 e. The molecule has 168 valence electrons. The number of carbonyl (C=O) groups is 1. The van der Waals surface area contributed by atoms with E-state index in [1.165, 1.54) is 6.33 Å². The van der Waals surface area contributed by atoms with Crippen molar-refractivity contribution >= 4 is 22.8 Å². The molecule has 1 fully saturated rings. The quantitative estimate of drug-likeness (QED) is 0.454. The first kappa shape index (κ1) is 21.8. The molecule has 1 aromatic carbocycles. The fraction of sp³-hybridized carbons (Fsp3) is 0.364. The van der Waals surface area contributed by atoms with Gasteiger partial charge in [-0.1, -0.05) is 0 Å². The summed E-state index contributed by atoms with van der Waals surface area (Å²) in [6.07, 6.45) is 0.699. The highest BCUT2D eigenvalue weighted by molar-refractivity contribution is 6.06. The largest absolute Gasteiger partial charge is 0.491 e. The maximum atomic E-state index is 14.4. The van der Waals surface area contributed by atoms with Crippen LogP contribution in [0.25, 0.3) is 22.3 Å². The van der Waals surface area contributed by atoms with Crippen LogP contribution < -0.4 is 21.1 Å². The molecule has 0 aliphatic carbocycles. The van der Waals surface area contributed by atoms with Crippen LogP contribution in [0.4, 0.5) is 10.2 Å². The molecule has 1 amide bonds. The number of nitrogens with zero attached hydrogens (tertiary/aromatic N) is 3. The van der Waals surface area contributed by atoms with E-state index in [2.05, 4.69) is 25.6 Å². The lowest BCUT2D eigenvalue weighted by molar-refractivity contribution is 0.100. The number of anilines is 1. The van der Waals surface area contributed by atoms with Gasteiger partial charge < -0.3 is 25.8 Å². The summed E-state index contributed by atoms with van der Waals surface area (Å²) in [6.45, 7) is 2.01. The van der Waals surface area contributed by atoms with Crippen LogP contribution >= 0.6 is 0 Å². The van der Waals surface area contributed by atoms with E-state index >= 15 is 0 Å². The molecule has 3 heterocycles. The number of carbonyl (C=O) groups excluding carboxylic acids is 1. The Morgan fingerprint density at radius 3 is 2.78 bits per heavy atom. The van der Waals surface area contributed by atoms with Gasteiger partial charge in [0.05, 0.1) is 23.9 Å². The Hall–Kier alpha value is -3.37. The fourth-order valence-corrected chi connectivity index (χ4v) is 3.59. The summed E-state index contributed by atoms with van der Waals surface area (Å²) in [5, 5.41) is 6.28. The van der Waals surface area contributed by atoms with Gasteiger partial charge in [-0.3, -0.25) is 4.79 Å². The molecule has 1 aliphatic heterocycles. The normalized spacial score (nSPS) is 18.4. The molecule has 4 rings (SSSR count). The van der Waals surface area contributed by atoms with Crippen molar-refractivity contribution in [3.05, 3.63) is 42.2 Å². The summed E-state index contributed by atoms with van der Waals surface area (Å²) in [6, 6.07) is 8.42. The average Bonchev–Trinajstić information content (AvgIpc) is 2.80. The Balaban J connectivity index is 1.71. The Morgan fingerprint density at radius 2 is 2.06 bits per heavy atom. The summed E-state index contributed by atoms with van der Waals surface area (Å²) in [5.74, 6) is 0.409. The molecule has 10 heteroatoms. The minimum absolute atomic E-state index is 0.217. The number of hydrogen-bond donors (Lipinski definition) is 3. The van der Waals surface area contributed by atoms with Crippen LogP contribution in [0.15, 0.2) is 36.7 Å². The van der Waals surface area contributed by atoms with Gasteiger partial charge in [0.2, 0.25) is 0 Å². The molecule has 4 N–H and O–H groups in total. The van der Waals surface area contributed by atoms with Gasteiger partial charge in [0.1, 0.15) is 35.9 Å². The first-order valence-corrected chi connectivity index (χ1v) is 10.4. The zero-order chi connectivity index (χ0) is 22.5. The van der Waals surface area contributed by atoms with Gasteiger partial charge in [-0.15, -0.1) is 0 Å². The Kier molecular flexibility index (Phi) is 6.72. The number of ether oxygens (including phenoxy) is 2. The van der Waals surface area contributed by atoms with Crippen molar-refractivity contribution in [1.29, 1.82) is 0 Å². The van der Waals surface area contributed by atoms with E-state index in [0.717, 1.165) is 5.56 Å². The molecule has 1 saturated heterocycles. The molecular formula is C22H25FN6O3. The standard InChI is InChI=1S/C22H25FN6O3/c1-31-8-9-32-14-4-2-13(3-5-14)17-10-15(21(24)30)19-20(28-17)22(27-12-26-19)29-18-11-25-7-6-16(18)23/h2-5,10,12,16,18,25H,6-9,11H2,1H3,(H2,24,30)(H,26,27,29)/t16?,18-/m1/s1. The van der Waals surface area contributed by atoms with Crippen LogP contribution in [0.1, 0.15) is 16.8 Å². The minimum atomic E-state index is -1.02. The molecule has 1 unspecified atom stereocenters. The second kappa shape index (κ2) is 9.84. The number of alkyl halides is 1. The monoisotopic (exact) mass is 440 g/mol. The van der Waals surface area contributed by atoms with Gasteiger partial charge in [-0.05, 0) is 43.3 Å². The highest BCUT2D eigenvalue weighted by Gasteiger charge is 2.26. The lowest BCUT2D eigenvalue weighted by Crippen LogP contribution is -2.46. The molecule has 32 heavy (non-hydrogen) atoms. The van der Waals surface area contributed by atoms with Crippen LogP contribution in [0, 0.1) is 0 Å². The average molecular weight is 440 g/mol. The van der Waals surface area contributed by atoms with Crippen molar-refractivity contribution in [2.75, 3.05) is 38.7 Å². The highest BCUT2D eigenvalue weighted by Crippen LogP contribution is 2.28. The second-order valence-corrected chi connectivity index (χ2v) is 7.46.